The van der Waals surface area contributed by atoms with Crippen LogP contribution in [0.4, 0.5) is 4.79 Å². The highest BCUT2D eigenvalue weighted by Crippen LogP contribution is 2.28. The lowest BCUT2D eigenvalue weighted by atomic mass is 10.2. The zero-order valence-corrected chi connectivity index (χ0v) is 14.7. The molecule has 0 aliphatic carbocycles. The third-order valence-corrected chi connectivity index (χ3v) is 5.29. The van der Waals surface area contributed by atoms with E-state index < -0.39 is 6.03 Å². The van der Waals surface area contributed by atoms with E-state index in [0.29, 0.717) is 26.2 Å². The Bertz CT molecular complexity index is 770. The first-order valence-corrected chi connectivity index (χ1v) is 9.12. The Balaban J connectivity index is 1.61. The van der Waals surface area contributed by atoms with E-state index in [1.54, 1.807) is 27.2 Å². The lowest BCUT2D eigenvalue weighted by Gasteiger charge is -2.19. The van der Waals surface area contributed by atoms with Crippen molar-refractivity contribution in [2.24, 2.45) is 5.73 Å². The van der Waals surface area contributed by atoms with Crippen molar-refractivity contribution >= 4 is 29.4 Å². The number of benzene rings is 1. The number of rotatable bonds is 3. The second-order valence-electron chi connectivity index (χ2n) is 5.91. The monoisotopic (exact) mass is 355 g/mol. The van der Waals surface area contributed by atoms with Crippen molar-refractivity contribution < 1.29 is 9.59 Å². The third kappa shape index (κ3) is 4.48. The van der Waals surface area contributed by atoms with Gasteiger partial charge >= 0.3 is 6.03 Å². The maximum atomic E-state index is 12.4. The fourth-order valence-electron chi connectivity index (χ4n) is 2.82. The molecule has 3 amide bonds. The highest BCUT2D eigenvalue weighted by atomic mass is 32.1. The summed E-state index contributed by atoms with van der Waals surface area (Å²) in [7, 11) is 0. The molecule has 0 unspecified atom stereocenters. The van der Waals surface area contributed by atoms with Crippen molar-refractivity contribution in [2.45, 2.75) is 6.42 Å². The lowest BCUT2D eigenvalue weighted by molar-refractivity contribution is -0.125. The summed E-state index contributed by atoms with van der Waals surface area (Å²) in [6.45, 7) is 2.26. The largest absolute Gasteiger partial charge is 0.351 e. The van der Waals surface area contributed by atoms with Gasteiger partial charge < -0.3 is 15.5 Å². The molecule has 0 bridgehead atoms. The van der Waals surface area contributed by atoms with Crippen LogP contribution in [0.3, 0.4) is 0 Å². The van der Waals surface area contributed by atoms with Crippen molar-refractivity contribution in [2.75, 3.05) is 26.2 Å². The zero-order chi connectivity index (χ0) is 17.6. The minimum absolute atomic E-state index is 0.0269. The average Bonchev–Trinajstić information content (AvgIpc) is 2.95. The van der Waals surface area contributed by atoms with Crippen molar-refractivity contribution in [3.05, 3.63) is 53.4 Å². The van der Waals surface area contributed by atoms with E-state index in [2.05, 4.69) is 18.2 Å². The molecule has 1 fully saturated rings. The predicted molar refractivity (Wildman–Crippen MR) is 101 cm³/mol. The van der Waals surface area contributed by atoms with Crippen LogP contribution < -0.4 is 5.73 Å². The van der Waals surface area contributed by atoms with Crippen molar-refractivity contribution in [3.8, 4) is 10.4 Å². The van der Waals surface area contributed by atoms with Gasteiger partial charge in [0.05, 0.1) is 0 Å². The number of primary amides is 1. The molecule has 6 heteroatoms. The molecule has 0 spiro atoms. The Kier molecular flexibility index (Phi) is 5.50. The minimum atomic E-state index is -0.420. The number of hydrogen-bond acceptors (Lipinski definition) is 3. The van der Waals surface area contributed by atoms with Crippen LogP contribution in [0, 0.1) is 0 Å². The second-order valence-corrected chi connectivity index (χ2v) is 7.02. The van der Waals surface area contributed by atoms with Gasteiger partial charge in [0.25, 0.3) is 0 Å². The summed E-state index contributed by atoms with van der Waals surface area (Å²) < 4.78 is 0. The first-order chi connectivity index (χ1) is 12.1. The first-order valence-electron chi connectivity index (χ1n) is 8.30. The number of carbonyl (C=O) groups is 2. The molecule has 3 rings (SSSR count). The average molecular weight is 355 g/mol. The van der Waals surface area contributed by atoms with Crippen LogP contribution in [-0.4, -0.2) is 47.9 Å². The molecule has 5 nitrogen and oxygen atoms in total. The van der Waals surface area contributed by atoms with Gasteiger partial charge in [-0.3, -0.25) is 4.79 Å². The summed E-state index contributed by atoms with van der Waals surface area (Å²) >= 11 is 1.66. The SMILES string of the molecule is NC(=O)N1CCCN(C(=O)C=Cc2ccc(-c3ccccc3)s2)CC1. The Morgan fingerprint density at radius 2 is 1.68 bits per heavy atom. The van der Waals surface area contributed by atoms with Crippen molar-refractivity contribution in [1.29, 1.82) is 0 Å². The molecule has 130 valence electrons. The fourth-order valence-corrected chi connectivity index (χ4v) is 3.73. The molecular weight excluding hydrogens is 334 g/mol. The Morgan fingerprint density at radius 3 is 2.44 bits per heavy atom. The molecule has 0 saturated carbocycles. The molecular formula is C19H21N3O2S. The number of thiophene rings is 1. The topological polar surface area (TPSA) is 66.6 Å². The minimum Gasteiger partial charge on any atom is -0.351 e. The maximum absolute atomic E-state index is 12.4. The zero-order valence-electron chi connectivity index (χ0n) is 13.9. The van der Waals surface area contributed by atoms with E-state index >= 15 is 0 Å². The number of hydrogen-bond donors (Lipinski definition) is 1. The highest BCUT2D eigenvalue weighted by molar-refractivity contribution is 7.16. The van der Waals surface area contributed by atoms with Gasteiger partial charge in [0.1, 0.15) is 0 Å². The number of urea groups is 1. The predicted octanol–water partition coefficient (Wildman–Crippen LogP) is 3.04. The Hall–Kier alpha value is -2.60. The van der Waals surface area contributed by atoms with Gasteiger partial charge in [-0.25, -0.2) is 4.79 Å². The van der Waals surface area contributed by atoms with E-state index in [-0.39, 0.29) is 5.91 Å². The molecule has 2 heterocycles. The number of nitrogens with zero attached hydrogens (tertiary/aromatic N) is 2. The third-order valence-electron chi connectivity index (χ3n) is 4.19. The quantitative estimate of drug-likeness (QED) is 0.860. The van der Waals surface area contributed by atoms with Crippen LogP contribution in [0.5, 0.6) is 0 Å². The van der Waals surface area contributed by atoms with E-state index in [1.165, 1.54) is 10.4 Å². The molecule has 1 aliphatic heterocycles. The molecule has 1 aliphatic rings. The summed E-state index contributed by atoms with van der Waals surface area (Å²) in [5, 5.41) is 0. The van der Waals surface area contributed by atoms with Crippen LogP contribution in [0.1, 0.15) is 11.3 Å². The molecule has 2 aromatic rings. The summed E-state index contributed by atoms with van der Waals surface area (Å²) in [5.74, 6) is -0.0269. The van der Waals surface area contributed by atoms with Gasteiger partial charge in [-0.15, -0.1) is 11.3 Å². The van der Waals surface area contributed by atoms with Gasteiger partial charge in [-0.05, 0) is 30.2 Å². The lowest BCUT2D eigenvalue weighted by Crippen LogP contribution is -2.39. The van der Waals surface area contributed by atoms with Gasteiger partial charge in [0.2, 0.25) is 5.91 Å². The number of nitrogens with two attached hydrogens (primary N) is 1. The molecule has 0 atom stereocenters. The van der Waals surface area contributed by atoms with Gasteiger partial charge in [0.15, 0.2) is 0 Å². The second kappa shape index (κ2) is 7.98. The van der Waals surface area contributed by atoms with Crippen molar-refractivity contribution in [3.63, 3.8) is 0 Å². The molecule has 1 saturated heterocycles. The van der Waals surface area contributed by atoms with Crippen LogP contribution in [0.15, 0.2) is 48.5 Å². The van der Waals surface area contributed by atoms with Crippen LogP contribution in [0.25, 0.3) is 16.5 Å². The van der Waals surface area contributed by atoms with E-state index in [4.69, 9.17) is 5.73 Å². The summed E-state index contributed by atoms with van der Waals surface area (Å²) in [6, 6.07) is 13.9. The van der Waals surface area contributed by atoms with Crippen LogP contribution in [0.2, 0.25) is 0 Å². The Morgan fingerprint density at radius 1 is 0.960 bits per heavy atom. The Labute approximate surface area is 151 Å². The van der Waals surface area contributed by atoms with Gasteiger partial charge in [-0.1, -0.05) is 30.3 Å². The van der Waals surface area contributed by atoms with E-state index in [0.717, 1.165) is 11.3 Å². The summed E-state index contributed by atoms with van der Waals surface area (Å²) in [4.78, 5) is 29.2. The smallest absolute Gasteiger partial charge is 0.314 e. The van der Waals surface area contributed by atoms with Gasteiger partial charge in [0, 0.05) is 42.0 Å². The van der Waals surface area contributed by atoms with Crippen LogP contribution >= 0.6 is 11.3 Å². The molecule has 1 aromatic carbocycles. The molecule has 25 heavy (non-hydrogen) atoms. The normalized spacial score (nSPS) is 15.4. The standard InChI is InChI=1S/C19H21N3O2S/c20-19(24)22-12-4-11-21(13-14-22)18(23)10-8-16-7-9-17(25-16)15-5-2-1-3-6-15/h1-3,5-10H,4,11-14H2,(H2,20,24). The van der Waals surface area contributed by atoms with Crippen molar-refractivity contribution in [1.82, 2.24) is 9.80 Å². The molecule has 1 aromatic heterocycles. The van der Waals surface area contributed by atoms with E-state index in [1.807, 2.05) is 30.3 Å². The maximum Gasteiger partial charge on any atom is 0.314 e. The van der Waals surface area contributed by atoms with Gasteiger partial charge in [-0.2, -0.15) is 0 Å². The summed E-state index contributed by atoms with van der Waals surface area (Å²) in [5.41, 5.74) is 6.49. The number of carbonyl (C=O) groups excluding carboxylic acids is 2. The summed E-state index contributed by atoms with van der Waals surface area (Å²) in [6.07, 6.45) is 4.22. The molecule has 2 N–H and O–H groups in total. The molecule has 0 radical (unpaired) electrons. The van der Waals surface area contributed by atoms with E-state index in [9.17, 15) is 9.59 Å². The van der Waals surface area contributed by atoms with Crippen LogP contribution in [-0.2, 0) is 4.79 Å². The number of amides is 3. The first kappa shape index (κ1) is 17.2. The highest BCUT2D eigenvalue weighted by Gasteiger charge is 2.19. The fraction of sp³-hybridized carbons (Fsp3) is 0.263.